The second-order valence-electron chi connectivity index (χ2n) is 3.31. The van der Waals surface area contributed by atoms with Crippen molar-refractivity contribution in [3.63, 3.8) is 0 Å². The van der Waals surface area contributed by atoms with Crippen LogP contribution in [0.25, 0.3) is 0 Å². The lowest BCUT2D eigenvalue weighted by molar-refractivity contribution is 0.0503. The molecule has 0 aromatic carbocycles. The highest BCUT2D eigenvalue weighted by molar-refractivity contribution is 6.26. The quantitative estimate of drug-likeness (QED) is 0.601. The summed E-state index contributed by atoms with van der Waals surface area (Å²) in [5, 5.41) is 0. The molecule has 0 rings (SSSR count). The third kappa shape index (κ3) is 5.29. The third-order valence-corrected chi connectivity index (χ3v) is 2.79. The van der Waals surface area contributed by atoms with Crippen LogP contribution in [0.15, 0.2) is 0 Å². The topological polar surface area (TPSA) is 35.5 Å². The van der Waals surface area contributed by atoms with Crippen LogP contribution < -0.4 is 0 Å². The van der Waals surface area contributed by atoms with E-state index in [1.165, 1.54) is 0 Å². The molecule has 0 heterocycles. The van der Waals surface area contributed by atoms with E-state index in [1.807, 2.05) is 27.7 Å². The average Bonchev–Trinajstić information content (AvgIpc) is 2.00. The van der Waals surface area contributed by atoms with Gasteiger partial charge in [0.25, 0.3) is 0 Å². The first-order chi connectivity index (χ1) is 5.52. The Kier molecular flexibility index (Phi) is 5.13. The van der Waals surface area contributed by atoms with Crippen molar-refractivity contribution >= 4 is 9.17 Å². The van der Waals surface area contributed by atoms with Gasteiger partial charge in [0.2, 0.25) is 0 Å². The van der Waals surface area contributed by atoms with E-state index >= 15 is 0 Å². The molecule has 0 fully saturated rings. The predicted molar refractivity (Wildman–Crippen MR) is 48.1 cm³/mol. The van der Waals surface area contributed by atoms with Crippen LogP contribution in [0.5, 0.6) is 0 Å². The second-order valence-corrected chi connectivity index (χ2v) is 4.31. The summed E-state index contributed by atoms with van der Waals surface area (Å²) >= 11 is 0. The largest absolute Gasteiger partial charge is 0.767 e. The van der Waals surface area contributed by atoms with Gasteiger partial charge in [0.15, 0.2) is 0 Å². The van der Waals surface area contributed by atoms with Gasteiger partial charge in [-0.15, -0.1) is 0 Å². The van der Waals surface area contributed by atoms with Gasteiger partial charge < -0.3 is 8.85 Å². The highest BCUT2D eigenvalue weighted by atomic mass is 28.3. The zero-order valence-corrected chi connectivity index (χ0v) is 9.35. The summed E-state index contributed by atoms with van der Waals surface area (Å²) < 4.78 is 21.3. The molecule has 0 saturated carbocycles. The van der Waals surface area contributed by atoms with Gasteiger partial charge in [0.05, 0.1) is 12.2 Å². The summed E-state index contributed by atoms with van der Waals surface area (Å²) in [4.78, 5) is 0. The fraction of sp³-hybridized carbons (Fsp3) is 1.00. The Hall–Kier alpha value is -0.383. The zero-order valence-electron chi connectivity index (χ0n) is 8.35. The van der Waals surface area contributed by atoms with Crippen LogP contribution in [0, 0.1) is 0 Å². The minimum atomic E-state index is -2.27. The van der Waals surface area contributed by atoms with E-state index in [4.69, 9.17) is 8.85 Å². The zero-order chi connectivity index (χ0) is 9.61. The van der Waals surface area contributed by atoms with E-state index in [0.29, 0.717) is 6.61 Å². The standard InChI is InChI=1S/C8H18O3Si/c1-5-7-10-12(9)11-8(3,4)6-2/h5-7H2,1-4H3. The maximum atomic E-state index is 11.1. The Morgan fingerprint density at radius 2 is 1.92 bits per heavy atom. The number of hydrogen-bond acceptors (Lipinski definition) is 3. The van der Waals surface area contributed by atoms with Crippen molar-refractivity contribution in [3.8, 4) is 0 Å². The monoisotopic (exact) mass is 190 g/mol. The lowest BCUT2D eigenvalue weighted by atomic mass is 10.1. The molecular formula is C8H18O3Si. The van der Waals surface area contributed by atoms with E-state index in [-0.39, 0.29) is 5.60 Å². The number of rotatable bonds is 6. The van der Waals surface area contributed by atoms with Crippen LogP contribution in [-0.4, -0.2) is 21.4 Å². The van der Waals surface area contributed by atoms with Gasteiger partial charge in [-0.25, -0.2) is 0 Å². The first-order valence-corrected chi connectivity index (χ1v) is 5.60. The Labute approximate surface area is 76.0 Å². The molecule has 0 radical (unpaired) electrons. The molecule has 0 bridgehead atoms. The predicted octanol–water partition coefficient (Wildman–Crippen LogP) is 2.03. The molecule has 0 aliphatic heterocycles. The van der Waals surface area contributed by atoms with E-state index in [9.17, 15) is 4.46 Å². The Balaban J connectivity index is 3.68. The van der Waals surface area contributed by atoms with Gasteiger partial charge in [-0.3, -0.25) is 4.46 Å². The molecule has 0 aliphatic carbocycles. The van der Waals surface area contributed by atoms with Crippen LogP contribution >= 0.6 is 0 Å². The van der Waals surface area contributed by atoms with Crippen LogP contribution in [0.4, 0.5) is 0 Å². The fourth-order valence-corrected chi connectivity index (χ4v) is 1.54. The Morgan fingerprint density at radius 3 is 2.33 bits per heavy atom. The normalized spacial score (nSPS) is 11.0. The molecule has 0 amide bonds. The van der Waals surface area contributed by atoms with Crippen molar-refractivity contribution in [3.05, 3.63) is 0 Å². The lowest BCUT2D eigenvalue weighted by Gasteiger charge is -2.22. The summed E-state index contributed by atoms with van der Waals surface area (Å²) in [6.45, 7) is 8.29. The summed E-state index contributed by atoms with van der Waals surface area (Å²) in [6, 6.07) is 0. The number of hydrogen-bond donors (Lipinski definition) is 0. The minimum Gasteiger partial charge on any atom is -0.496 e. The van der Waals surface area contributed by atoms with Gasteiger partial charge in [-0.05, 0) is 26.7 Å². The van der Waals surface area contributed by atoms with E-state index in [0.717, 1.165) is 12.8 Å². The van der Waals surface area contributed by atoms with Gasteiger partial charge in [0, 0.05) is 0 Å². The molecule has 12 heavy (non-hydrogen) atoms. The smallest absolute Gasteiger partial charge is 0.496 e. The maximum absolute atomic E-state index is 11.1. The molecule has 3 nitrogen and oxygen atoms in total. The first-order valence-electron chi connectivity index (χ1n) is 4.37. The molecule has 72 valence electrons. The van der Waals surface area contributed by atoms with Crippen molar-refractivity contribution in [1.82, 2.24) is 0 Å². The SMILES string of the molecule is CCCO[Si](=O)OC(C)(C)CC. The Bertz CT molecular complexity index is 145. The van der Waals surface area contributed by atoms with Crippen LogP contribution in [0.3, 0.4) is 0 Å². The van der Waals surface area contributed by atoms with Gasteiger partial charge in [-0.1, -0.05) is 13.8 Å². The van der Waals surface area contributed by atoms with Crippen LogP contribution in [0.1, 0.15) is 40.5 Å². The molecule has 0 spiro atoms. The molecule has 0 atom stereocenters. The molecule has 4 heteroatoms. The first kappa shape index (κ1) is 11.6. The van der Waals surface area contributed by atoms with Gasteiger partial charge in [-0.2, -0.15) is 0 Å². The fourth-order valence-electron chi connectivity index (χ4n) is 0.513. The van der Waals surface area contributed by atoms with Gasteiger partial charge >= 0.3 is 9.17 Å². The highest BCUT2D eigenvalue weighted by Crippen LogP contribution is 2.13. The molecule has 0 saturated heterocycles. The molecule has 0 unspecified atom stereocenters. The molecule has 0 aliphatic rings. The van der Waals surface area contributed by atoms with Gasteiger partial charge in [0.1, 0.15) is 0 Å². The summed E-state index contributed by atoms with van der Waals surface area (Å²) in [7, 11) is -2.27. The molecule has 0 N–H and O–H groups in total. The third-order valence-electron chi connectivity index (χ3n) is 1.64. The Morgan fingerprint density at radius 1 is 1.33 bits per heavy atom. The summed E-state index contributed by atoms with van der Waals surface area (Å²) in [5.74, 6) is 0. The summed E-state index contributed by atoms with van der Waals surface area (Å²) in [6.07, 6.45) is 1.70. The highest BCUT2D eigenvalue weighted by Gasteiger charge is 2.23. The van der Waals surface area contributed by atoms with Crippen molar-refractivity contribution in [2.24, 2.45) is 0 Å². The van der Waals surface area contributed by atoms with E-state index in [2.05, 4.69) is 0 Å². The maximum Gasteiger partial charge on any atom is 0.767 e. The van der Waals surface area contributed by atoms with Crippen molar-refractivity contribution in [1.29, 1.82) is 0 Å². The van der Waals surface area contributed by atoms with Crippen LogP contribution in [-0.2, 0) is 13.3 Å². The van der Waals surface area contributed by atoms with Crippen molar-refractivity contribution in [2.75, 3.05) is 6.61 Å². The van der Waals surface area contributed by atoms with E-state index < -0.39 is 9.17 Å². The van der Waals surface area contributed by atoms with Crippen LogP contribution in [0.2, 0.25) is 0 Å². The summed E-state index contributed by atoms with van der Waals surface area (Å²) in [5.41, 5.74) is -0.330. The lowest BCUT2D eigenvalue weighted by Crippen LogP contribution is -2.29. The van der Waals surface area contributed by atoms with Crippen molar-refractivity contribution < 1.29 is 13.3 Å². The molecule has 0 aromatic rings. The van der Waals surface area contributed by atoms with E-state index in [1.54, 1.807) is 0 Å². The second kappa shape index (κ2) is 5.30. The average molecular weight is 190 g/mol. The molecular weight excluding hydrogens is 172 g/mol. The molecule has 0 aromatic heterocycles. The van der Waals surface area contributed by atoms with Crippen molar-refractivity contribution in [2.45, 2.75) is 46.1 Å². The minimum absolute atomic E-state index is 0.330.